The van der Waals surface area contributed by atoms with E-state index in [4.69, 9.17) is 0 Å². The number of hydrogen-bond acceptors (Lipinski definition) is 6. The van der Waals surface area contributed by atoms with E-state index in [0.29, 0.717) is 32.5 Å². The summed E-state index contributed by atoms with van der Waals surface area (Å²) in [6, 6.07) is -3.66. The number of rotatable bonds is 13. The average Bonchev–Trinajstić information content (AvgIpc) is 3.74. The Labute approximate surface area is 279 Å². The maximum absolute atomic E-state index is 14.4. The summed E-state index contributed by atoms with van der Waals surface area (Å²) in [6.07, 6.45) is 5.02. The predicted octanol–water partition coefficient (Wildman–Crippen LogP) is 2.38. The second kappa shape index (κ2) is 13.6. The van der Waals surface area contributed by atoms with Gasteiger partial charge < -0.3 is 31.1 Å². The number of likely N-dealkylation sites (tertiary alicyclic amines) is 2. The summed E-state index contributed by atoms with van der Waals surface area (Å²) in [5.41, 5.74) is -1.23. The molecule has 12 nitrogen and oxygen atoms in total. The molecule has 6 atom stereocenters. The Balaban J connectivity index is 1.51. The fourth-order valence-electron chi connectivity index (χ4n) is 7.20. The number of piperidine rings is 1. The number of carbonyl (C=O) groups excluding carboxylic acids is 6. The smallest absolute Gasteiger partial charge is 0.315 e. The number of Topliss-reactive ketones (excluding diaryl/α,β-unsaturated/α-hetero) is 1. The van der Waals surface area contributed by atoms with E-state index in [0.717, 1.165) is 19.3 Å². The monoisotopic (exact) mass is 656 g/mol. The molecule has 4 rings (SSSR count). The van der Waals surface area contributed by atoms with Crippen molar-refractivity contribution in [3.05, 3.63) is 12.7 Å². The van der Waals surface area contributed by atoms with Gasteiger partial charge in [0.25, 0.3) is 5.91 Å². The van der Waals surface area contributed by atoms with Crippen molar-refractivity contribution in [3.63, 3.8) is 0 Å². The van der Waals surface area contributed by atoms with Crippen molar-refractivity contribution in [2.75, 3.05) is 26.2 Å². The van der Waals surface area contributed by atoms with Crippen LogP contribution in [0, 0.1) is 34.0 Å². The highest BCUT2D eigenvalue weighted by atomic mass is 16.2. The molecule has 2 saturated heterocycles. The van der Waals surface area contributed by atoms with E-state index in [1.54, 1.807) is 9.80 Å². The van der Waals surface area contributed by atoms with Crippen molar-refractivity contribution in [2.24, 2.45) is 34.0 Å². The summed E-state index contributed by atoms with van der Waals surface area (Å²) >= 11 is 0. The first-order valence-electron chi connectivity index (χ1n) is 17.2. The number of urea groups is 1. The summed E-state index contributed by atoms with van der Waals surface area (Å²) in [7, 11) is 0. The highest BCUT2D eigenvalue weighted by molar-refractivity contribution is 6.38. The van der Waals surface area contributed by atoms with Crippen LogP contribution in [0.1, 0.15) is 87.5 Å². The Kier molecular flexibility index (Phi) is 10.5. The number of fused-ring (bicyclic) bond motifs is 1. The zero-order chi connectivity index (χ0) is 35.1. The maximum atomic E-state index is 14.4. The van der Waals surface area contributed by atoms with Gasteiger partial charge in [-0.2, -0.15) is 0 Å². The lowest BCUT2D eigenvalue weighted by Crippen LogP contribution is -2.62. The molecular weight excluding hydrogens is 600 g/mol. The number of hydrogen-bond donors (Lipinski definition) is 4. The lowest BCUT2D eigenvalue weighted by molar-refractivity contribution is -0.145. The van der Waals surface area contributed by atoms with Gasteiger partial charge in [-0.25, -0.2) is 4.79 Å². The third kappa shape index (κ3) is 8.35. The lowest BCUT2D eigenvalue weighted by Gasteiger charge is -2.39. The zero-order valence-electron chi connectivity index (χ0n) is 29.5. The van der Waals surface area contributed by atoms with E-state index in [-0.39, 0.29) is 53.0 Å². The quantitative estimate of drug-likeness (QED) is 0.176. The molecule has 0 spiro atoms. The third-order valence-corrected chi connectivity index (χ3v) is 10.6. The number of nitrogens with zero attached hydrogens (tertiary/aromatic N) is 2. The first-order chi connectivity index (χ1) is 21.8. The van der Waals surface area contributed by atoms with Crippen molar-refractivity contribution in [3.8, 4) is 0 Å². The van der Waals surface area contributed by atoms with Gasteiger partial charge in [-0.15, -0.1) is 6.58 Å². The summed E-state index contributed by atoms with van der Waals surface area (Å²) in [4.78, 5) is 83.3. The Morgan fingerprint density at radius 3 is 2.19 bits per heavy atom. The van der Waals surface area contributed by atoms with Gasteiger partial charge in [0, 0.05) is 32.6 Å². The number of amides is 6. The molecular formula is C35H56N6O6. The molecule has 0 aromatic carbocycles. The Morgan fingerprint density at radius 1 is 1.00 bits per heavy atom. The van der Waals surface area contributed by atoms with Crippen molar-refractivity contribution in [1.82, 2.24) is 31.1 Å². The van der Waals surface area contributed by atoms with Crippen LogP contribution >= 0.6 is 0 Å². The van der Waals surface area contributed by atoms with Crippen LogP contribution in [0.3, 0.4) is 0 Å². The van der Waals surface area contributed by atoms with Crippen molar-refractivity contribution >= 4 is 35.4 Å². The summed E-state index contributed by atoms with van der Waals surface area (Å²) < 4.78 is 0. The lowest BCUT2D eigenvalue weighted by atomic mass is 9.85. The first kappa shape index (κ1) is 36.4. The van der Waals surface area contributed by atoms with Gasteiger partial charge >= 0.3 is 6.03 Å². The maximum Gasteiger partial charge on any atom is 0.315 e. The standard InChI is InChI=1S/C35H56N6O6/c1-10-15-36-30(45)27(43)22(17-20-13-14-20)37-29(44)26-25-21(35(25,8)9)18-41(26)31(46)28(34(5,6)7)39-32(47)38-23(33(2,3)4)19-40-16-11-12-24(40)42/h10,20-23,25-26,28H,1,11-19H2,2-9H3,(H,36,45)(H,37,44)(H2,38,39,47)/t21-,22?,23+,25-,26-,28+/m0/s1. The van der Waals surface area contributed by atoms with E-state index < -0.39 is 47.2 Å². The van der Waals surface area contributed by atoms with Gasteiger partial charge in [0.2, 0.25) is 23.5 Å². The highest BCUT2D eigenvalue weighted by Gasteiger charge is 2.70. The summed E-state index contributed by atoms with van der Waals surface area (Å²) in [5, 5.41) is 11.3. The predicted molar refractivity (Wildman–Crippen MR) is 178 cm³/mol. The topological polar surface area (TPSA) is 157 Å². The van der Waals surface area contributed by atoms with Crippen molar-refractivity contribution in [2.45, 2.75) is 112 Å². The van der Waals surface area contributed by atoms with Gasteiger partial charge in [0.05, 0.1) is 12.1 Å². The van der Waals surface area contributed by atoms with Crippen LogP contribution in [0.4, 0.5) is 4.79 Å². The van der Waals surface area contributed by atoms with E-state index in [1.165, 1.54) is 6.08 Å². The number of nitrogens with one attached hydrogen (secondary N) is 4. The largest absolute Gasteiger partial charge is 0.346 e. The molecule has 6 amide bonds. The van der Waals surface area contributed by atoms with Crippen LogP contribution < -0.4 is 21.3 Å². The molecule has 47 heavy (non-hydrogen) atoms. The molecule has 0 radical (unpaired) electrons. The number of ketones is 1. The Morgan fingerprint density at radius 2 is 1.66 bits per heavy atom. The fourth-order valence-corrected chi connectivity index (χ4v) is 7.20. The molecule has 12 heteroatoms. The van der Waals surface area contributed by atoms with Gasteiger partial charge in [0.15, 0.2) is 0 Å². The van der Waals surface area contributed by atoms with Crippen molar-refractivity contribution < 1.29 is 28.8 Å². The normalized spacial score (nSPS) is 25.3. The van der Waals surface area contributed by atoms with Crippen LogP contribution in [0.15, 0.2) is 12.7 Å². The van der Waals surface area contributed by atoms with Crippen LogP contribution in [0.25, 0.3) is 0 Å². The van der Waals surface area contributed by atoms with Crippen LogP contribution in [-0.4, -0.2) is 95.6 Å². The van der Waals surface area contributed by atoms with E-state index in [9.17, 15) is 28.8 Å². The minimum absolute atomic E-state index is 0.0718. The molecule has 0 aromatic heterocycles. The molecule has 4 N–H and O–H groups in total. The number of carbonyl (C=O) groups is 6. The molecule has 2 aliphatic carbocycles. The Bertz CT molecular complexity index is 1280. The molecule has 2 aliphatic heterocycles. The van der Waals surface area contributed by atoms with E-state index >= 15 is 0 Å². The highest BCUT2D eigenvalue weighted by Crippen LogP contribution is 2.65. The molecule has 4 fully saturated rings. The van der Waals surface area contributed by atoms with Crippen LogP contribution in [0.2, 0.25) is 0 Å². The van der Waals surface area contributed by atoms with Gasteiger partial charge in [-0.3, -0.25) is 24.0 Å². The minimum atomic E-state index is -0.989. The molecule has 262 valence electrons. The molecule has 1 unspecified atom stereocenters. The van der Waals surface area contributed by atoms with Crippen LogP contribution in [-0.2, 0) is 24.0 Å². The molecule has 0 aromatic rings. The van der Waals surface area contributed by atoms with Gasteiger partial charge in [-0.1, -0.05) is 74.3 Å². The minimum Gasteiger partial charge on any atom is -0.346 e. The molecule has 0 bridgehead atoms. The fraction of sp³-hybridized carbons (Fsp3) is 0.771. The molecule has 2 saturated carbocycles. The first-order valence-corrected chi connectivity index (χ1v) is 17.2. The second-order valence-corrected chi connectivity index (χ2v) is 16.8. The molecule has 2 heterocycles. The summed E-state index contributed by atoms with van der Waals surface area (Å²) in [5.74, 6) is -1.99. The van der Waals surface area contributed by atoms with Crippen molar-refractivity contribution in [1.29, 1.82) is 0 Å². The Hall–Kier alpha value is -3.44. The molecule has 4 aliphatic rings. The summed E-state index contributed by atoms with van der Waals surface area (Å²) in [6.45, 7) is 20.8. The SMILES string of the molecule is C=CCNC(=O)C(=O)C(CC1CC1)NC(=O)[C@@H]1[C@@H]2[C@H](CN1C(=O)[C@@H](NC(=O)N[C@H](CN1CCCC1=O)C(C)(C)C)C(C)(C)C)C2(C)C. The second-order valence-electron chi connectivity index (χ2n) is 16.8. The zero-order valence-corrected chi connectivity index (χ0v) is 29.5. The average molecular weight is 657 g/mol. The third-order valence-electron chi connectivity index (χ3n) is 10.6. The van der Waals surface area contributed by atoms with E-state index in [2.05, 4.69) is 41.7 Å². The van der Waals surface area contributed by atoms with Gasteiger partial charge in [-0.05, 0) is 46.8 Å². The van der Waals surface area contributed by atoms with Gasteiger partial charge in [0.1, 0.15) is 12.1 Å². The van der Waals surface area contributed by atoms with E-state index in [1.807, 2.05) is 41.5 Å². The van der Waals surface area contributed by atoms with Crippen LogP contribution in [0.5, 0.6) is 0 Å².